The summed E-state index contributed by atoms with van der Waals surface area (Å²) < 4.78 is 10.9. The zero-order valence-electron chi connectivity index (χ0n) is 12.6. The van der Waals surface area contributed by atoms with Crippen LogP contribution in [-0.2, 0) is 11.2 Å². The number of methoxy groups -OCH3 is 2. The molecule has 4 nitrogen and oxygen atoms in total. The largest absolute Gasteiger partial charge is 0.497 e. The molecule has 1 aromatic carbocycles. The normalized spacial score (nSPS) is 15.1. The number of ether oxygens (including phenoxy) is 2. The second kappa shape index (κ2) is 6.89. The van der Waals surface area contributed by atoms with Gasteiger partial charge in [0.2, 0.25) is 0 Å². The quantitative estimate of drug-likeness (QED) is 0.612. The molecule has 0 aromatic heterocycles. The summed E-state index contributed by atoms with van der Waals surface area (Å²) >= 11 is 0. The van der Waals surface area contributed by atoms with E-state index in [1.165, 1.54) is 5.56 Å². The second-order valence-corrected chi connectivity index (χ2v) is 5.85. The van der Waals surface area contributed by atoms with Crippen molar-refractivity contribution in [3.05, 3.63) is 29.8 Å². The van der Waals surface area contributed by atoms with E-state index in [1.54, 1.807) is 14.2 Å². The van der Waals surface area contributed by atoms with Gasteiger partial charge in [-0.25, -0.2) is 0 Å². The van der Waals surface area contributed by atoms with Crippen LogP contribution in [0.25, 0.3) is 0 Å². The minimum Gasteiger partial charge on any atom is -0.497 e. The van der Waals surface area contributed by atoms with Crippen LogP contribution in [0.3, 0.4) is 0 Å². The smallest absolute Gasteiger partial charge is 0.119 e. The minimum atomic E-state index is 0.0185. The van der Waals surface area contributed by atoms with E-state index in [4.69, 9.17) is 15.3 Å². The number of rotatable bonds is 6. The molecule has 19 heavy (non-hydrogen) atoms. The van der Waals surface area contributed by atoms with Gasteiger partial charge in [0.1, 0.15) is 5.75 Å². The van der Waals surface area contributed by atoms with Crippen LogP contribution in [0.1, 0.15) is 26.3 Å². The number of hydrazine groups is 1. The highest BCUT2D eigenvalue weighted by Gasteiger charge is 2.31. The van der Waals surface area contributed by atoms with Gasteiger partial charge in [0.05, 0.1) is 19.3 Å². The summed E-state index contributed by atoms with van der Waals surface area (Å²) in [5, 5.41) is 0. The molecule has 0 bridgehead atoms. The molecule has 0 heterocycles. The molecule has 4 heteroatoms. The van der Waals surface area contributed by atoms with E-state index >= 15 is 0 Å². The highest BCUT2D eigenvalue weighted by molar-refractivity contribution is 5.29. The average molecular weight is 266 g/mol. The lowest BCUT2D eigenvalue weighted by Crippen LogP contribution is -2.51. The molecule has 2 atom stereocenters. The predicted octanol–water partition coefficient (Wildman–Crippen LogP) is 2.13. The fourth-order valence-corrected chi connectivity index (χ4v) is 2.43. The summed E-state index contributed by atoms with van der Waals surface area (Å²) in [6.07, 6.45) is 0.826. The van der Waals surface area contributed by atoms with Crippen LogP contribution >= 0.6 is 0 Å². The van der Waals surface area contributed by atoms with Crippen LogP contribution < -0.4 is 16.0 Å². The molecule has 0 amide bonds. The summed E-state index contributed by atoms with van der Waals surface area (Å²) in [6, 6.07) is 8.08. The van der Waals surface area contributed by atoms with Crippen molar-refractivity contribution in [2.75, 3.05) is 14.2 Å². The first-order chi connectivity index (χ1) is 8.92. The van der Waals surface area contributed by atoms with Crippen molar-refractivity contribution in [3.63, 3.8) is 0 Å². The standard InChI is InChI=1S/C15H26N2O2/c1-15(2,3)14(19-5)13(17-16)10-11-7-6-8-12(9-11)18-4/h6-9,13-14,17H,10,16H2,1-5H3. The Bertz CT molecular complexity index is 388. The molecule has 0 spiro atoms. The van der Waals surface area contributed by atoms with Gasteiger partial charge in [-0.3, -0.25) is 11.3 Å². The third-order valence-corrected chi connectivity index (χ3v) is 3.28. The van der Waals surface area contributed by atoms with Crippen LogP contribution in [0.5, 0.6) is 5.75 Å². The molecular formula is C15H26N2O2. The number of hydrogen-bond donors (Lipinski definition) is 2. The van der Waals surface area contributed by atoms with Crippen molar-refractivity contribution in [1.29, 1.82) is 0 Å². The fraction of sp³-hybridized carbons (Fsp3) is 0.600. The van der Waals surface area contributed by atoms with E-state index in [9.17, 15) is 0 Å². The molecule has 3 N–H and O–H groups in total. The van der Waals surface area contributed by atoms with Crippen LogP contribution in [0.4, 0.5) is 0 Å². The van der Waals surface area contributed by atoms with Gasteiger partial charge in [-0.15, -0.1) is 0 Å². The van der Waals surface area contributed by atoms with Gasteiger partial charge in [0.25, 0.3) is 0 Å². The molecule has 0 saturated heterocycles. The highest BCUT2D eigenvalue weighted by atomic mass is 16.5. The Labute approximate surface area is 116 Å². The third kappa shape index (κ3) is 4.49. The average Bonchev–Trinajstić information content (AvgIpc) is 2.37. The summed E-state index contributed by atoms with van der Waals surface area (Å²) in [4.78, 5) is 0. The second-order valence-electron chi connectivity index (χ2n) is 5.85. The van der Waals surface area contributed by atoms with E-state index in [2.05, 4.69) is 32.3 Å². The molecule has 108 valence electrons. The van der Waals surface area contributed by atoms with Gasteiger partial charge in [-0.1, -0.05) is 32.9 Å². The zero-order valence-corrected chi connectivity index (χ0v) is 12.6. The maximum Gasteiger partial charge on any atom is 0.119 e. The molecule has 0 aliphatic carbocycles. The Kier molecular flexibility index (Phi) is 5.79. The monoisotopic (exact) mass is 266 g/mol. The van der Waals surface area contributed by atoms with Gasteiger partial charge in [0.15, 0.2) is 0 Å². The lowest BCUT2D eigenvalue weighted by molar-refractivity contribution is -0.0110. The molecule has 0 fully saturated rings. The van der Waals surface area contributed by atoms with E-state index < -0.39 is 0 Å². The molecule has 0 radical (unpaired) electrons. The molecule has 0 aliphatic rings. The number of nitrogens with one attached hydrogen (secondary N) is 1. The summed E-state index contributed by atoms with van der Waals surface area (Å²) in [6.45, 7) is 6.45. The SMILES string of the molecule is COc1cccc(CC(NN)C(OC)C(C)(C)C)c1. The molecular weight excluding hydrogens is 240 g/mol. The maximum atomic E-state index is 5.70. The molecule has 0 aliphatic heterocycles. The van der Waals surface area contributed by atoms with Crippen molar-refractivity contribution >= 4 is 0 Å². The predicted molar refractivity (Wildman–Crippen MR) is 78.1 cm³/mol. The first-order valence-electron chi connectivity index (χ1n) is 6.54. The summed E-state index contributed by atoms with van der Waals surface area (Å²) in [5.74, 6) is 6.56. The summed E-state index contributed by atoms with van der Waals surface area (Å²) in [7, 11) is 3.40. The Balaban J connectivity index is 2.86. The number of nitrogens with two attached hydrogens (primary N) is 1. The van der Waals surface area contributed by atoms with E-state index in [1.807, 2.05) is 18.2 Å². The fourth-order valence-electron chi connectivity index (χ4n) is 2.43. The Hall–Kier alpha value is -1.10. The third-order valence-electron chi connectivity index (χ3n) is 3.28. The topological polar surface area (TPSA) is 56.5 Å². The van der Waals surface area contributed by atoms with Gasteiger partial charge in [-0.2, -0.15) is 0 Å². The molecule has 2 unspecified atom stereocenters. The minimum absolute atomic E-state index is 0.0185. The van der Waals surface area contributed by atoms with E-state index in [0.717, 1.165) is 12.2 Å². The lowest BCUT2D eigenvalue weighted by atomic mass is 9.82. The first-order valence-corrected chi connectivity index (χ1v) is 6.54. The van der Waals surface area contributed by atoms with Gasteiger partial charge in [0, 0.05) is 7.11 Å². The van der Waals surface area contributed by atoms with Crippen molar-refractivity contribution in [3.8, 4) is 5.75 Å². The van der Waals surface area contributed by atoms with Gasteiger partial charge >= 0.3 is 0 Å². The van der Waals surface area contributed by atoms with Crippen LogP contribution in [0, 0.1) is 5.41 Å². The molecule has 0 saturated carbocycles. The van der Waals surface area contributed by atoms with Gasteiger partial charge < -0.3 is 9.47 Å². The number of hydrogen-bond acceptors (Lipinski definition) is 4. The zero-order chi connectivity index (χ0) is 14.5. The van der Waals surface area contributed by atoms with E-state index in [-0.39, 0.29) is 17.6 Å². The molecule has 1 rings (SSSR count). The Morgan fingerprint density at radius 1 is 1.26 bits per heavy atom. The van der Waals surface area contributed by atoms with E-state index in [0.29, 0.717) is 0 Å². The van der Waals surface area contributed by atoms with Crippen LogP contribution in [0.2, 0.25) is 0 Å². The van der Waals surface area contributed by atoms with Crippen molar-refractivity contribution in [2.24, 2.45) is 11.3 Å². The molecule has 1 aromatic rings. The summed E-state index contributed by atoms with van der Waals surface area (Å²) in [5.41, 5.74) is 4.07. The van der Waals surface area contributed by atoms with Gasteiger partial charge in [-0.05, 0) is 29.5 Å². The Morgan fingerprint density at radius 2 is 1.95 bits per heavy atom. The number of benzene rings is 1. The maximum absolute atomic E-state index is 5.70. The van der Waals surface area contributed by atoms with Crippen LogP contribution in [0.15, 0.2) is 24.3 Å². The Morgan fingerprint density at radius 3 is 2.42 bits per heavy atom. The van der Waals surface area contributed by atoms with Crippen molar-refractivity contribution in [2.45, 2.75) is 39.3 Å². The van der Waals surface area contributed by atoms with Crippen LogP contribution in [-0.4, -0.2) is 26.4 Å². The lowest BCUT2D eigenvalue weighted by Gasteiger charge is -2.35. The van der Waals surface area contributed by atoms with Crippen molar-refractivity contribution < 1.29 is 9.47 Å². The highest BCUT2D eigenvalue weighted by Crippen LogP contribution is 2.26. The van der Waals surface area contributed by atoms with Crippen molar-refractivity contribution in [1.82, 2.24) is 5.43 Å². The first kappa shape index (κ1) is 16.0.